The van der Waals surface area contributed by atoms with Crippen molar-refractivity contribution in [1.82, 2.24) is 0 Å². The molecule has 0 saturated heterocycles. The van der Waals surface area contributed by atoms with Crippen LogP contribution in [0.4, 0.5) is 0 Å². The van der Waals surface area contributed by atoms with Crippen molar-refractivity contribution in [3.63, 3.8) is 0 Å². The van der Waals surface area contributed by atoms with Crippen LogP contribution >= 0.6 is 0 Å². The van der Waals surface area contributed by atoms with Gasteiger partial charge >= 0.3 is 5.97 Å². The third-order valence-corrected chi connectivity index (χ3v) is 5.84. The summed E-state index contributed by atoms with van der Waals surface area (Å²) in [6.45, 7) is 2.26. The summed E-state index contributed by atoms with van der Waals surface area (Å²) in [5, 5.41) is 8.59. The van der Waals surface area contributed by atoms with Crippen molar-refractivity contribution >= 4 is 5.97 Å². The summed E-state index contributed by atoms with van der Waals surface area (Å²) in [7, 11) is 0. The fourth-order valence-electron chi connectivity index (χ4n) is 3.86. The molecule has 2 nitrogen and oxygen atoms in total. The van der Waals surface area contributed by atoms with Gasteiger partial charge in [-0.05, 0) is 38.5 Å². The quantitative estimate of drug-likeness (QED) is 0.125. The standard InChI is InChI=1S/C28H52O2/c1-2-3-4-5-6-7-8-9-10-11-12-13-14-15-16-17-18-19-20-21-22-23-24-25-26-27-28(29)30/h6-7,9-10H,2-5,8,11-27H2,1H3,(H,29,30). The highest BCUT2D eigenvalue weighted by molar-refractivity contribution is 5.66. The van der Waals surface area contributed by atoms with Gasteiger partial charge < -0.3 is 5.11 Å². The van der Waals surface area contributed by atoms with E-state index in [9.17, 15) is 4.79 Å². The summed E-state index contributed by atoms with van der Waals surface area (Å²) in [5.41, 5.74) is 0. The Morgan fingerprint density at radius 2 is 0.900 bits per heavy atom. The molecule has 0 unspecified atom stereocenters. The maximum absolute atomic E-state index is 10.4. The minimum absolute atomic E-state index is 0.341. The molecule has 0 amide bonds. The molecule has 0 rings (SSSR count). The van der Waals surface area contributed by atoms with E-state index in [2.05, 4.69) is 31.2 Å². The molecule has 0 radical (unpaired) electrons. The van der Waals surface area contributed by atoms with E-state index in [1.165, 1.54) is 116 Å². The first-order valence-corrected chi connectivity index (χ1v) is 13.3. The van der Waals surface area contributed by atoms with E-state index in [-0.39, 0.29) is 0 Å². The molecule has 0 aliphatic rings. The highest BCUT2D eigenvalue weighted by Gasteiger charge is 1.97. The van der Waals surface area contributed by atoms with Crippen LogP contribution in [0.2, 0.25) is 0 Å². The Morgan fingerprint density at radius 1 is 0.533 bits per heavy atom. The lowest BCUT2D eigenvalue weighted by Gasteiger charge is -2.03. The van der Waals surface area contributed by atoms with Gasteiger partial charge in [-0.1, -0.05) is 128 Å². The number of hydrogen-bond acceptors (Lipinski definition) is 1. The monoisotopic (exact) mass is 420 g/mol. The van der Waals surface area contributed by atoms with Crippen molar-refractivity contribution in [2.45, 2.75) is 148 Å². The largest absolute Gasteiger partial charge is 0.481 e. The minimum atomic E-state index is -0.654. The molecule has 0 aliphatic heterocycles. The van der Waals surface area contributed by atoms with Crippen LogP contribution in [0.25, 0.3) is 0 Å². The molecule has 0 aromatic heterocycles. The minimum Gasteiger partial charge on any atom is -0.481 e. The van der Waals surface area contributed by atoms with Crippen LogP contribution in [0.3, 0.4) is 0 Å². The number of unbranched alkanes of at least 4 members (excludes halogenated alkanes) is 18. The van der Waals surface area contributed by atoms with Crippen LogP contribution in [0, 0.1) is 0 Å². The van der Waals surface area contributed by atoms with Crippen molar-refractivity contribution in [1.29, 1.82) is 0 Å². The van der Waals surface area contributed by atoms with E-state index in [0.717, 1.165) is 19.3 Å². The Labute approximate surface area is 188 Å². The van der Waals surface area contributed by atoms with E-state index in [1.807, 2.05) is 0 Å². The Balaban J connectivity index is 3.11. The number of allylic oxidation sites excluding steroid dienone is 4. The summed E-state index contributed by atoms with van der Waals surface area (Å²) in [6, 6.07) is 0. The van der Waals surface area contributed by atoms with Crippen molar-refractivity contribution in [2.24, 2.45) is 0 Å². The normalized spacial score (nSPS) is 11.8. The van der Waals surface area contributed by atoms with Crippen molar-refractivity contribution in [3.8, 4) is 0 Å². The lowest BCUT2D eigenvalue weighted by atomic mass is 10.0. The second-order valence-corrected chi connectivity index (χ2v) is 8.91. The van der Waals surface area contributed by atoms with Crippen LogP contribution in [0.1, 0.15) is 148 Å². The molecular weight excluding hydrogens is 368 g/mol. The van der Waals surface area contributed by atoms with E-state index in [4.69, 9.17) is 5.11 Å². The van der Waals surface area contributed by atoms with E-state index < -0.39 is 5.97 Å². The van der Waals surface area contributed by atoms with Crippen molar-refractivity contribution < 1.29 is 9.90 Å². The number of carboxylic acids is 1. The SMILES string of the molecule is CCCCCC=CCC=CCCCCCCCCCCCCCCCCCC(=O)O. The molecule has 0 saturated carbocycles. The zero-order chi connectivity index (χ0) is 22.0. The van der Waals surface area contributed by atoms with Gasteiger partial charge in [0.05, 0.1) is 0 Å². The zero-order valence-corrected chi connectivity index (χ0v) is 20.2. The molecule has 1 N–H and O–H groups in total. The van der Waals surface area contributed by atoms with Gasteiger partial charge in [0.15, 0.2) is 0 Å². The smallest absolute Gasteiger partial charge is 0.303 e. The molecule has 0 heterocycles. The first kappa shape index (κ1) is 28.9. The van der Waals surface area contributed by atoms with Crippen LogP contribution < -0.4 is 0 Å². The lowest BCUT2D eigenvalue weighted by Crippen LogP contribution is -1.93. The van der Waals surface area contributed by atoms with Crippen molar-refractivity contribution in [2.75, 3.05) is 0 Å². The fraction of sp³-hybridized carbons (Fsp3) is 0.821. The molecule has 0 bridgehead atoms. The van der Waals surface area contributed by atoms with Gasteiger partial charge in [0.2, 0.25) is 0 Å². The van der Waals surface area contributed by atoms with Gasteiger partial charge in [-0.2, -0.15) is 0 Å². The fourth-order valence-corrected chi connectivity index (χ4v) is 3.86. The highest BCUT2D eigenvalue weighted by Crippen LogP contribution is 2.14. The molecule has 0 aromatic rings. The number of rotatable bonds is 24. The summed E-state index contributed by atoms with van der Waals surface area (Å²) >= 11 is 0. The Morgan fingerprint density at radius 3 is 1.30 bits per heavy atom. The van der Waals surface area contributed by atoms with Gasteiger partial charge in [-0.15, -0.1) is 0 Å². The summed E-state index contributed by atoms with van der Waals surface area (Å²) in [5.74, 6) is -0.654. The van der Waals surface area contributed by atoms with Gasteiger partial charge in [0, 0.05) is 6.42 Å². The summed E-state index contributed by atoms with van der Waals surface area (Å²) in [4.78, 5) is 10.4. The predicted molar refractivity (Wildman–Crippen MR) is 133 cm³/mol. The second-order valence-electron chi connectivity index (χ2n) is 8.91. The first-order chi connectivity index (χ1) is 14.8. The third kappa shape index (κ3) is 27.0. The molecule has 0 atom stereocenters. The van der Waals surface area contributed by atoms with Crippen LogP contribution in [-0.2, 0) is 4.79 Å². The average molecular weight is 421 g/mol. The summed E-state index contributed by atoms with van der Waals surface area (Å²) < 4.78 is 0. The number of aliphatic carboxylic acids is 1. The van der Waals surface area contributed by atoms with Gasteiger partial charge in [-0.3, -0.25) is 4.79 Å². The maximum atomic E-state index is 10.4. The lowest BCUT2D eigenvalue weighted by molar-refractivity contribution is -0.137. The molecular formula is C28H52O2. The molecule has 0 fully saturated rings. The predicted octanol–water partition coefficient (Wildman–Crippen LogP) is 9.79. The van der Waals surface area contributed by atoms with Gasteiger partial charge in [0.25, 0.3) is 0 Å². The first-order valence-electron chi connectivity index (χ1n) is 13.3. The molecule has 2 heteroatoms. The van der Waals surface area contributed by atoms with Gasteiger partial charge in [0.1, 0.15) is 0 Å². The van der Waals surface area contributed by atoms with Crippen LogP contribution in [-0.4, -0.2) is 11.1 Å². The van der Waals surface area contributed by atoms with E-state index >= 15 is 0 Å². The third-order valence-electron chi connectivity index (χ3n) is 5.84. The summed E-state index contributed by atoms with van der Waals surface area (Å²) in [6.07, 6.45) is 37.0. The molecule has 176 valence electrons. The van der Waals surface area contributed by atoms with Gasteiger partial charge in [-0.25, -0.2) is 0 Å². The number of hydrogen-bond donors (Lipinski definition) is 1. The van der Waals surface area contributed by atoms with Crippen LogP contribution in [0.15, 0.2) is 24.3 Å². The zero-order valence-electron chi connectivity index (χ0n) is 20.2. The van der Waals surface area contributed by atoms with E-state index in [0.29, 0.717) is 6.42 Å². The molecule has 0 spiro atoms. The number of carbonyl (C=O) groups is 1. The Bertz CT molecular complexity index is 397. The second kappa shape index (κ2) is 26.0. The Hall–Kier alpha value is -1.05. The van der Waals surface area contributed by atoms with Crippen molar-refractivity contribution in [3.05, 3.63) is 24.3 Å². The highest BCUT2D eigenvalue weighted by atomic mass is 16.4. The molecule has 30 heavy (non-hydrogen) atoms. The molecule has 0 aliphatic carbocycles. The van der Waals surface area contributed by atoms with E-state index in [1.54, 1.807) is 0 Å². The Kier molecular flexibility index (Phi) is 25.1. The molecule has 0 aromatic carbocycles. The van der Waals surface area contributed by atoms with Crippen LogP contribution in [0.5, 0.6) is 0 Å². The average Bonchev–Trinajstić information content (AvgIpc) is 2.73. The topological polar surface area (TPSA) is 37.3 Å². The number of carboxylic acid groups (broad SMARTS) is 1. The maximum Gasteiger partial charge on any atom is 0.303 e.